The average molecular weight is 201 g/mol. The Morgan fingerprint density at radius 2 is 1.79 bits per heavy atom. The molecular weight excluding hydrogens is 182 g/mol. The third-order valence-corrected chi connectivity index (χ3v) is 2.34. The van der Waals surface area contributed by atoms with Crippen molar-refractivity contribution in [2.45, 2.75) is 19.4 Å². The molecule has 82 valence electrons. The Bertz CT molecular complexity index is 205. The van der Waals surface area contributed by atoms with Crippen LogP contribution < -0.4 is 5.73 Å². The summed E-state index contributed by atoms with van der Waals surface area (Å²) in [6.07, 6.45) is 0. The molecular formula is C9H19N3O2. The second-order valence-corrected chi connectivity index (χ2v) is 4.13. The largest absolute Gasteiger partial charge is 0.338 e. The molecule has 1 amide bonds. The third kappa shape index (κ3) is 2.67. The molecule has 0 spiro atoms. The molecule has 1 rings (SSSR count). The molecule has 2 N–H and O–H groups in total. The van der Waals surface area contributed by atoms with Gasteiger partial charge in [-0.05, 0) is 13.8 Å². The maximum atomic E-state index is 11.8. The minimum atomic E-state index is -0.769. The van der Waals surface area contributed by atoms with Crippen LogP contribution in [0.4, 0.5) is 0 Å². The van der Waals surface area contributed by atoms with Crippen LogP contribution in [0.3, 0.4) is 0 Å². The van der Waals surface area contributed by atoms with E-state index in [-0.39, 0.29) is 5.91 Å². The lowest BCUT2D eigenvalue weighted by atomic mass is 10.1. The predicted octanol–water partition coefficient (Wildman–Crippen LogP) is -0.571. The number of hydrogen-bond donors (Lipinski definition) is 1. The fourth-order valence-electron chi connectivity index (χ4n) is 1.48. The summed E-state index contributed by atoms with van der Waals surface area (Å²) in [6.45, 7) is 6.34. The highest BCUT2D eigenvalue weighted by molar-refractivity contribution is 5.85. The summed E-state index contributed by atoms with van der Waals surface area (Å²) < 4.78 is 0. The number of nitrogens with two attached hydrogens (primary N) is 1. The highest BCUT2D eigenvalue weighted by Gasteiger charge is 2.30. The van der Waals surface area contributed by atoms with E-state index in [9.17, 15) is 4.79 Å². The lowest BCUT2D eigenvalue weighted by molar-refractivity contribution is -0.163. The fraction of sp³-hybridized carbons (Fsp3) is 0.889. The predicted molar refractivity (Wildman–Crippen MR) is 53.4 cm³/mol. The van der Waals surface area contributed by atoms with Crippen LogP contribution in [0.1, 0.15) is 13.8 Å². The van der Waals surface area contributed by atoms with Gasteiger partial charge in [0.2, 0.25) is 5.91 Å². The number of carbonyl (C=O) groups excluding carboxylic acids is 1. The van der Waals surface area contributed by atoms with Gasteiger partial charge in [-0.1, -0.05) is 0 Å². The first-order valence-electron chi connectivity index (χ1n) is 4.82. The molecule has 0 aromatic rings. The second-order valence-electron chi connectivity index (χ2n) is 4.13. The molecule has 5 heteroatoms. The summed E-state index contributed by atoms with van der Waals surface area (Å²) in [4.78, 5) is 18.6. The molecule has 0 aromatic heterocycles. The summed E-state index contributed by atoms with van der Waals surface area (Å²) in [5.41, 5.74) is 4.97. The number of nitrogens with zero attached hydrogens (tertiary/aromatic N) is 2. The molecule has 0 aromatic carbocycles. The quantitative estimate of drug-likeness (QED) is 0.650. The molecule has 0 atom stereocenters. The molecule has 1 heterocycles. The Morgan fingerprint density at radius 3 is 2.14 bits per heavy atom. The van der Waals surface area contributed by atoms with Gasteiger partial charge < -0.3 is 15.5 Å². The minimum absolute atomic E-state index is 0.00764. The van der Waals surface area contributed by atoms with Crippen molar-refractivity contribution in [3.05, 3.63) is 0 Å². The zero-order chi connectivity index (χ0) is 10.8. The minimum Gasteiger partial charge on any atom is -0.338 e. The first kappa shape index (κ1) is 11.4. The number of amides is 1. The molecule has 0 bridgehead atoms. The molecule has 0 aliphatic carbocycles. The van der Waals surface area contributed by atoms with E-state index >= 15 is 0 Å². The molecule has 1 aliphatic rings. The van der Waals surface area contributed by atoms with E-state index in [0.717, 1.165) is 13.1 Å². The average Bonchev–Trinajstić information content (AvgIpc) is 2.15. The molecule has 0 saturated carbocycles. The van der Waals surface area contributed by atoms with E-state index in [2.05, 4.69) is 0 Å². The first-order valence-corrected chi connectivity index (χ1v) is 4.82. The van der Waals surface area contributed by atoms with Crippen molar-refractivity contribution in [1.29, 1.82) is 0 Å². The van der Waals surface area contributed by atoms with Gasteiger partial charge in [0.1, 0.15) is 0 Å². The van der Waals surface area contributed by atoms with Gasteiger partial charge in [-0.15, -0.1) is 0 Å². The molecule has 1 saturated heterocycles. The van der Waals surface area contributed by atoms with E-state index in [4.69, 9.17) is 10.6 Å². The SMILES string of the molecule is CON1CCN(C(=O)C(C)(C)N)CC1. The molecule has 1 fully saturated rings. The fourth-order valence-corrected chi connectivity index (χ4v) is 1.48. The molecule has 1 aliphatic heterocycles. The highest BCUT2D eigenvalue weighted by atomic mass is 16.7. The summed E-state index contributed by atoms with van der Waals surface area (Å²) in [7, 11) is 1.64. The second kappa shape index (κ2) is 4.25. The third-order valence-electron chi connectivity index (χ3n) is 2.34. The number of hydroxylamine groups is 2. The molecule has 5 nitrogen and oxygen atoms in total. The topological polar surface area (TPSA) is 58.8 Å². The number of carbonyl (C=O) groups is 1. The van der Waals surface area contributed by atoms with Crippen molar-refractivity contribution in [2.24, 2.45) is 5.73 Å². The van der Waals surface area contributed by atoms with Crippen molar-refractivity contribution in [3.63, 3.8) is 0 Å². The van der Waals surface area contributed by atoms with E-state index in [0.29, 0.717) is 13.1 Å². The van der Waals surface area contributed by atoms with Crippen LogP contribution in [0, 0.1) is 0 Å². The van der Waals surface area contributed by atoms with Crippen molar-refractivity contribution >= 4 is 5.91 Å². The van der Waals surface area contributed by atoms with Crippen molar-refractivity contribution in [3.8, 4) is 0 Å². The first-order chi connectivity index (χ1) is 6.45. The van der Waals surface area contributed by atoms with E-state index in [1.165, 1.54) is 0 Å². The number of piperazine rings is 1. The normalized spacial score (nSPS) is 19.9. The summed E-state index contributed by atoms with van der Waals surface area (Å²) in [5, 5.41) is 1.84. The maximum Gasteiger partial charge on any atom is 0.242 e. The Balaban J connectivity index is 2.46. The zero-order valence-electron chi connectivity index (χ0n) is 9.12. The van der Waals surface area contributed by atoms with Gasteiger partial charge in [0.25, 0.3) is 0 Å². The maximum absolute atomic E-state index is 11.8. The van der Waals surface area contributed by atoms with Crippen LogP contribution in [-0.4, -0.2) is 54.7 Å². The lowest BCUT2D eigenvalue weighted by Gasteiger charge is -2.36. The number of rotatable bonds is 2. The van der Waals surface area contributed by atoms with Gasteiger partial charge in [-0.25, -0.2) is 0 Å². The summed E-state index contributed by atoms with van der Waals surface area (Å²) in [6, 6.07) is 0. The summed E-state index contributed by atoms with van der Waals surface area (Å²) in [5.74, 6) is 0.00764. The van der Waals surface area contributed by atoms with Gasteiger partial charge in [-0.2, -0.15) is 5.06 Å². The van der Waals surface area contributed by atoms with Crippen LogP contribution >= 0.6 is 0 Å². The van der Waals surface area contributed by atoms with Crippen molar-refractivity contribution in [2.75, 3.05) is 33.3 Å². The van der Waals surface area contributed by atoms with Gasteiger partial charge in [0, 0.05) is 26.2 Å². The van der Waals surface area contributed by atoms with Crippen LogP contribution in [0.15, 0.2) is 0 Å². The van der Waals surface area contributed by atoms with E-state index in [1.54, 1.807) is 25.9 Å². The van der Waals surface area contributed by atoms with Gasteiger partial charge >= 0.3 is 0 Å². The van der Waals surface area contributed by atoms with Gasteiger partial charge in [0.15, 0.2) is 0 Å². The van der Waals surface area contributed by atoms with Gasteiger partial charge in [0.05, 0.1) is 12.6 Å². The van der Waals surface area contributed by atoms with E-state index in [1.807, 2.05) is 5.06 Å². The molecule has 14 heavy (non-hydrogen) atoms. The zero-order valence-corrected chi connectivity index (χ0v) is 9.12. The number of hydrogen-bond acceptors (Lipinski definition) is 4. The van der Waals surface area contributed by atoms with Crippen LogP contribution in [0.5, 0.6) is 0 Å². The summed E-state index contributed by atoms with van der Waals surface area (Å²) >= 11 is 0. The Morgan fingerprint density at radius 1 is 1.29 bits per heavy atom. The Kier molecular flexibility index (Phi) is 3.47. The van der Waals surface area contributed by atoms with Crippen LogP contribution in [0.2, 0.25) is 0 Å². The Labute approximate surface area is 84.7 Å². The Hall–Kier alpha value is -0.650. The van der Waals surface area contributed by atoms with Crippen molar-refractivity contribution < 1.29 is 9.63 Å². The molecule has 0 unspecified atom stereocenters. The highest BCUT2D eigenvalue weighted by Crippen LogP contribution is 2.08. The van der Waals surface area contributed by atoms with Crippen LogP contribution in [0.25, 0.3) is 0 Å². The van der Waals surface area contributed by atoms with Crippen molar-refractivity contribution in [1.82, 2.24) is 9.96 Å². The lowest BCUT2D eigenvalue weighted by Crippen LogP contribution is -2.56. The smallest absolute Gasteiger partial charge is 0.242 e. The van der Waals surface area contributed by atoms with Crippen LogP contribution in [-0.2, 0) is 9.63 Å². The monoisotopic (exact) mass is 201 g/mol. The van der Waals surface area contributed by atoms with E-state index < -0.39 is 5.54 Å². The van der Waals surface area contributed by atoms with Gasteiger partial charge in [-0.3, -0.25) is 4.79 Å². The molecule has 0 radical (unpaired) electrons. The standard InChI is InChI=1S/C9H19N3O2/c1-9(2,10)8(13)11-4-6-12(14-3)7-5-11/h4-7,10H2,1-3H3.